The van der Waals surface area contributed by atoms with Gasteiger partial charge in [0, 0.05) is 23.7 Å². The quantitative estimate of drug-likeness (QED) is 0.905. The zero-order chi connectivity index (χ0) is 13.0. The summed E-state index contributed by atoms with van der Waals surface area (Å²) in [6.45, 7) is 1.63. The van der Waals surface area contributed by atoms with Crippen LogP contribution in [0.15, 0.2) is 24.3 Å². The third kappa shape index (κ3) is 2.87. The summed E-state index contributed by atoms with van der Waals surface area (Å²) in [6, 6.07) is 8.09. The van der Waals surface area contributed by atoms with Crippen molar-refractivity contribution in [3.63, 3.8) is 0 Å². The molecule has 0 spiro atoms. The van der Waals surface area contributed by atoms with E-state index in [1.165, 1.54) is 37.7 Å². The van der Waals surface area contributed by atoms with Crippen LogP contribution >= 0.6 is 11.6 Å². The molecule has 1 saturated carbocycles. The summed E-state index contributed by atoms with van der Waals surface area (Å²) in [6.07, 6.45) is 6.37. The highest BCUT2D eigenvalue weighted by atomic mass is 35.5. The van der Waals surface area contributed by atoms with Crippen LogP contribution in [0.1, 0.15) is 37.7 Å². The Morgan fingerprint density at radius 1 is 1.22 bits per heavy atom. The predicted octanol–water partition coefficient (Wildman–Crippen LogP) is 3.43. The van der Waals surface area contributed by atoms with Crippen LogP contribution in [0.2, 0.25) is 5.02 Å². The maximum atomic E-state index is 6.24. The SMILES string of the molecule is CN(Cc1ccccc1Cl)C1(CN)CCCCC1. The van der Waals surface area contributed by atoms with Crippen molar-refractivity contribution in [3.05, 3.63) is 34.9 Å². The molecule has 2 rings (SSSR count). The Hall–Kier alpha value is -0.570. The number of nitrogens with two attached hydrogens (primary N) is 1. The van der Waals surface area contributed by atoms with Crippen LogP contribution < -0.4 is 5.73 Å². The first-order chi connectivity index (χ1) is 8.68. The zero-order valence-electron chi connectivity index (χ0n) is 11.2. The third-order valence-electron chi connectivity index (χ3n) is 4.34. The number of nitrogens with zero attached hydrogens (tertiary/aromatic N) is 1. The van der Waals surface area contributed by atoms with E-state index < -0.39 is 0 Å². The zero-order valence-corrected chi connectivity index (χ0v) is 11.9. The second-order valence-electron chi connectivity index (χ2n) is 5.44. The number of halogens is 1. The smallest absolute Gasteiger partial charge is 0.0451 e. The van der Waals surface area contributed by atoms with Crippen LogP contribution in [-0.4, -0.2) is 24.0 Å². The summed E-state index contributed by atoms with van der Waals surface area (Å²) in [4.78, 5) is 2.41. The Morgan fingerprint density at radius 3 is 2.50 bits per heavy atom. The standard InChI is InChI=1S/C15H23ClN2/c1-18(11-13-7-3-4-8-14(13)16)15(12-17)9-5-2-6-10-15/h3-4,7-8H,2,5-6,9-12,17H2,1H3. The van der Waals surface area contributed by atoms with Crippen LogP contribution in [0.4, 0.5) is 0 Å². The van der Waals surface area contributed by atoms with Crippen LogP contribution in [-0.2, 0) is 6.54 Å². The normalized spacial score (nSPS) is 19.1. The fraction of sp³-hybridized carbons (Fsp3) is 0.600. The number of hydrogen-bond acceptors (Lipinski definition) is 2. The van der Waals surface area contributed by atoms with Gasteiger partial charge < -0.3 is 5.73 Å². The van der Waals surface area contributed by atoms with Crippen molar-refractivity contribution in [1.29, 1.82) is 0 Å². The largest absolute Gasteiger partial charge is 0.329 e. The Bertz CT molecular complexity index is 386. The van der Waals surface area contributed by atoms with Gasteiger partial charge in [-0.1, -0.05) is 49.1 Å². The Labute approximate surface area is 115 Å². The lowest BCUT2D eigenvalue weighted by Gasteiger charge is -2.44. The summed E-state index contributed by atoms with van der Waals surface area (Å²) in [5.74, 6) is 0. The van der Waals surface area contributed by atoms with E-state index in [1.807, 2.05) is 18.2 Å². The van der Waals surface area contributed by atoms with Crippen LogP contribution in [0.25, 0.3) is 0 Å². The van der Waals surface area contributed by atoms with Crippen molar-refractivity contribution in [1.82, 2.24) is 4.90 Å². The highest BCUT2D eigenvalue weighted by molar-refractivity contribution is 6.31. The number of hydrogen-bond donors (Lipinski definition) is 1. The van der Waals surface area contributed by atoms with E-state index >= 15 is 0 Å². The van der Waals surface area contributed by atoms with E-state index in [4.69, 9.17) is 17.3 Å². The van der Waals surface area contributed by atoms with Gasteiger partial charge in [-0.3, -0.25) is 4.90 Å². The molecule has 1 aromatic rings. The molecule has 2 nitrogen and oxygen atoms in total. The van der Waals surface area contributed by atoms with Crippen molar-refractivity contribution < 1.29 is 0 Å². The van der Waals surface area contributed by atoms with Gasteiger partial charge in [0.2, 0.25) is 0 Å². The lowest BCUT2D eigenvalue weighted by atomic mass is 9.80. The highest BCUT2D eigenvalue weighted by Gasteiger charge is 2.34. The average molecular weight is 267 g/mol. The molecule has 0 heterocycles. The van der Waals surface area contributed by atoms with Crippen LogP contribution in [0.3, 0.4) is 0 Å². The minimum atomic E-state index is 0.178. The van der Waals surface area contributed by atoms with Crippen molar-refractivity contribution in [2.75, 3.05) is 13.6 Å². The summed E-state index contributed by atoms with van der Waals surface area (Å²) in [5, 5.41) is 0.854. The third-order valence-corrected chi connectivity index (χ3v) is 4.71. The lowest BCUT2D eigenvalue weighted by molar-refractivity contribution is 0.0759. The first kappa shape index (κ1) is 13.9. The second-order valence-corrected chi connectivity index (χ2v) is 5.84. The Morgan fingerprint density at radius 2 is 1.89 bits per heavy atom. The van der Waals surface area contributed by atoms with E-state index in [9.17, 15) is 0 Å². The molecule has 0 aromatic heterocycles. The molecule has 0 saturated heterocycles. The molecule has 0 amide bonds. The van der Waals surface area contributed by atoms with Gasteiger partial charge in [0.05, 0.1) is 0 Å². The Kier molecular flexibility index (Phi) is 4.66. The molecule has 1 aliphatic carbocycles. The molecular weight excluding hydrogens is 244 g/mol. The van der Waals surface area contributed by atoms with Gasteiger partial charge in [-0.05, 0) is 31.5 Å². The van der Waals surface area contributed by atoms with Gasteiger partial charge in [-0.15, -0.1) is 0 Å². The fourth-order valence-corrected chi connectivity index (χ4v) is 3.20. The highest BCUT2D eigenvalue weighted by Crippen LogP contribution is 2.33. The van der Waals surface area contributed by atoms with Gasteiger partial charge in [-0.25, -0.2) is 0 Å². The van der Waals surface area contributed by atoms with Gasteiger partial charge in [-0.2, -0.15) is 0 Å². The molecule has 2 N–H and O–H groups in total. The average Bonchev–Trinajstić information content (AvgIpc) is 2.42. The molecule has 0 atom stereocenters. The molecule has 3 heteroatoms. The minimum absolute atomic E-state index is 0.178. The number of rotatable bonds is 4. The molecule has 0 bridgehead atoms. The van der Waals surface area contributed by atoms with Crippen LogP contribution in [0.5, 0.6) is 0 Å². The monoisotopic (exact) mass is 266 g/mol. The van der Waals surface area contributed by atoms with Crippen molar-refractivity contribution in [2.45, 2.75) is 44.2 Å². The maximum absolute atomic E-state index is 6.24. The molecule has 1 aromatic carbocycles. The fourth-order valence-electron chi connectivity index (χ4n) is 3.00. The molecule has 0 unspecified atom stereocenters. The maximum Gasteiger partial charge on any atom is 0.0451 e. The molecule has 1 aliphatic rings. The molecule has 0 radical (unpaired) electrons. The molecule has 100 valence electrons. The van der Waals surface area contributed by atoms with Crippen molar-refractivity contribution >= 4 is 11.6 Å². The predicted molar refractivity (Wildman–Crippen MR) is 77.8 cm³/mol. The summed E-state index contributed by atoms with van der Waals surface area (Å²) >= 11 is 6.24. The number of likely N-dealkylation sites (N-methyl/N-ethyl adjacent to an activating group) is 1. The van der Waals surface area contributed by atoms with E-state index in [2.05, 4.69) is 18.0 Å². The van der Waals surface area contributed by atoms with Gasteiger partial charge in [0.1, 0.15) is 0 Å². The number of benzene rings is 1. The first-order valence-electron chi connectivity index (χ1n) is 6.83. The molecule has 18 heavy (non-hydrogen) atoms. The van der Waals surface area contributed by atoms with Crippen LogP contribution in [0, 0.1) is 0 Å². The van der Waals surface area contributed by atoms with E-state index in [1.54, 1.807) is 0 Å². The van der Waals surface area contributed by atoms with E-state index in [-0.39, 0.29) is 5.54 Å². The van der Waals surface area contributed by atoms with E-state index in [0.29, 0.717) is 0 Å². The summed E-state index contributed by atoms with van der Waals surface area (Å²) in [5.41, 5.74) is 7.43. The molecular formula is C15H23ClN2. The first-order valence-corrected chi connectivity index (χ1v) is 7.20. The van der Waals surface area contributed by atoms with Crippen molar-refractivity contribution in [3.8, 4) is 0 Å². The molecule has 0 aliphatic heterocycles. The Balaban J connectivity index is 2.10. The van der Waals surface area contributed by atoms with Crippen molar-refractivity contribution in [2.24, 2.45) is 5.73 Å². The minimum Gasteiger partial charge on any atom is -0.329 e. The lowest BCUT2D eigenvalue weighted by Crippen LogP contribution is -2.52. The second kappa shape index (κ2) is 6.05. The summed E-state index contributed by atoms with van der Waals surface area (Å²) in [7, 11) is 2.18. The molecule has 1 fully saturated rings. The topological polar surface area (TPSA) is 29.3 Å². The van der Waals surface area contributed by atoms with Gasteiger partial charge >= 0.3 is 0 Å². The van der Waals surface area contributed by atoms with E-state index in [0.717, 1.165) is 18.1 Å². The van der Waals surface area contributed by atoms with Gasteiger partial charge in [0.15, 0.2) is 0 Å². The van der Waals surface area contributed by atoms with Gasteiger partial charge in [0.25, 0.3) is 0 Å². The summed E-state index contributed by atoms with van der Waals surface area (Å²) < 4.78 is 0.